The van der Waals surface area contributed by atoms with Crippen LogP contribution in [-0.2, 0) is 6.54 Å². The van der Waals surface area contributed by atoms with Gasteiger partial charge in [-0.3, -0.25) is 4.90 Å². The van der Waals surface area contributed by atoms with Gasteiger partial charge in [0.2, 0.25) is 0 Å². The first-order valence-corrected chi connectivity index (χ1v) is 7.78. The van der Waals surface area contributed by atoms with E-state index in [1.54, 1.807) is 11.3 Å². The minimum absolute atomic E-state index is 0.200. The maximum atomic E-state index is 6.02. The van der Waals surface area contributed by atoms with Crippen LogP contribution in [0.1, 0.15) is 39.0 Å². The second-order valence-corrected chi connectivity index (χ2v) is 7.94. The highest BCUT2D eigenvalue weighted by Crippen LogP contribution is 2.30. The van der Waals surface area contributed by atoms with Crippen LogP contribution in [0.5, 0.6) is 0 Å². The SMILES string of the molecule is CCC1(C)CN(Cc2ccc(Cl)s2)C(C)(C)CN1. The number of hydrogen-bond acceptors (Lipinski definition) is 3. The van der Waals surface area contributed by atoms with E-state index in [2.05, 4.69) is 44.0 Å². The minimum Gasteiger partial charge on any atom is -0.308 e. The zero-order valence-electron chi connectivity index (χ0n) is 11.7. The van der Waals surface area contributed by atoms with Crippen LogP contribution in [0.25, 0.3) is 0 Å². The van der Waals surface area contributed by atoms with Gasteiger partial charge in [0.05, 0.1) is 4.34 Å². The highest BCUT2D eigenvalue weighted by molar-refractivity contribution is 7.16. The summed E-state index contributed by atoms with van der Waals surface area (Å²) in [5.74, 6) is 0. The molecule has 0 bridgehead atoms. The monoisotopic (exact) mass is 286 g/mol. The van der Waals surface area contributed by atoms with E-state index < -0.39 is 0 Å². The molecule has 0 amide bonds. The predicted octanol–water partition coefficient (Wildman–Crippen LogP) is 3.75. The van der Waals surface area contributed by atoms with Crippen molar-refractivity contribution >= 4 is 22.9 Å². The normalized spacial score (nSPS) is 28.5. The van der Waals surface area contributed by atoms with Crippen LogP contribution in [0.3, 0.4) is 0 Å². The van der Waals surface area contributed by atoms with E-state index in [9.17, 15) is 0 Å². The molecule has 0 aliphatic carbocycles. The zero-order chi connectivity index (χ0) is 13.4. The lowest BCUT2D eigenvalue weighted by molar-refractivity contribution is 0.0254. The van der Waals surface area contributed by atoms with Gasteiger partial charge in [-0.2, -0.15) is 0 Å². The van der Waals surface area contributed by atoms with Crippen LogP contribution in [0.2, 0.25) is 4.34 Å². The number of rotatable bonds is 3. The molecule has 1 atom stereocenters. The third-order valence-corrected chi connectivity index (χ3v) is 5.32. The molecule has 102 valence electrons. The number of thiophene rings is 1. The van der Waals surface area contributed by atoms with Gasteiger partial charge in [0.15, 0.2) is 0 Å². The lowest BCUT2D eigenvalue weighted by Crippen LogP contribution is -2.66. The molecular weight excluding hydrogens is 264 g/mol. The zero-order valence-corrected chi connectivity index (χ0v) is 13.3. The number of nitrogens with one attached hydrogen (secondary N) is 1. The Hall–Kier alpha value is -0.0900. The fourth-order valence-electron chi connectivity index (χ4n) is 2.36. The number of hydrogen-bond donors (Lipinski definition) is 1. The van der Waals surface area contributed by atoms with Crippen molar-refractivity contribution in [1.29, 1.82) is 0 Å². The van der Waals surface area contributed by atoms with Crippen molar-refractivity contribution in [2.75, 3.05) is 13.1 Å². The Labute approximate surface area is 119 Å². The topological polar surface area (TPSA) is 15.3 Å². The summed E-state index contributed by atoms with van der Waals surface area (Å²) in [6.45, 7) is 12.3. The van der Waals surface area contributed by atoms with E-state index in [-0.39, 0.29) is 11.1 Å². The lowest BCUT2D eigenvalue weighted by atomic mass is 9.88. The lowest BCUT2D eigenvalue weighted by Gasteiger charge is -2.50. The molecule has 1 aliphatic heterocycles. The van der Waals surface area contributed by atoms with Crippen molar-refractivity contribution in [2.45, 2.75) is 51.7 Å². The van der Waals surface area contributed by atoms with Gasteiger partial charge in [-0.25, -0.2) is 0 Å². The molecule has 1 aromatic rings. The molecule has 1 fully saturated rings. The van der Waals surface area contributed by atoms with Crippen LogP contribution in [0, 0.1) is 0 Å². The second kappa shape index (κ2) is 5.12. The van der Waals surface area contributed by atoms with E-state index in [4.69, 9.17) is 11.6 Å². The Kier molecular flexibility index (Phi) is 4.07. The van der Waals surface area contributed by atoms with Crippen LogP contribution in [-0.4, -0.2) is 29.1 Å². The highest BCUT2D eigenvalue weighted by Gasteiger charge is 2.39. The van der Waals surface area contributed by atoms with Gasteiger partial charge in [-0.05, 0) is 39.3 Å². The fourth-order valence-corrected chi connectivity index (χ4v) is 3.47. The van der Waals surface area contributed by atoms with E-state index in [0.29, 0.717) is 0 Å². The number of halogens is 1. The Morgan fingerprint density at radius 2 is 2.11 bits per heavy atom. The summed E-state index contributed by atoms with van der Waals surface area (Å²) >= 11 is 7.71. The first-order chi connectivity index (χ1) is 8.35. The summed E-state index contributed by atoms with van der Waals surface area (Å²) in [6, 6.07) is 4.14. The quantitative estimate of drug-likeness (QED) is 0.910. The van der Waals surface area contributed by atoms with Crippen molar-refractivity contribution in [2.24, 2.45) is 0 Å². The molecule has 0 saturated carbocycles. The molecule has 0 spiro atoms. The summed E-state index contributed by atoms with van der Waals surface area (Å²) in [4.78, 5) is 3.93. The Bertz CT molecular complexity index is 416. The van der Waals surface area contributed by atoms with Crippen LogP contribution in [0.15, 0.2) is 12.1 Å². The molecule has 1 saturated heterocycles. The summed E-state index contributed by atoms with van der Waals surface area (Å²) in [6.07, 6.45) is 1.16. The molecule has 4 heteroatoms. The molecular formula is C14H23ClN2S. The van der Waals surface area contributed by atoms with Crippen molar-refractivity contribution in [3.63, 3.8) is 0 Å². The molecule has 1 unspecified atom stereocenters. The minimum atomic E-state index is 0.200. The largest absolute Gasteiger partial charge is 0.308 e. The van der Waals surface area contributed by atoms with Gasteiger partial charge < -0.3 is 5.32 Å². The smallest absolute Gasteiger partial charge is 0.0931 e. The van der Waals surface area contributed by atoms with E-state index >= 15 is 0 Å². The molecule has 2 heterocycles. The van der Waals surface area contributed by atoms with Gasteiger partial charge in [0.1, 0.15) is 0 Å². The van der Waals surface area contributed by atoms with Gasteiger partial charge in [0, 0.05) is 35.6 Å². The first-order valence-electron chi connectivity index (χ1n) is 6.59. The molecule has 1 N–H and O–H groups in total. The summed E-state index contributed by atoms with van der Waals surface area (Å²) in [5.41, 5.74) is 0.432. The van der Waals surface area contributed by atoms with Crippen molar-refractivity contribution in [1.82, 2.24) is 10.2 Å². The molecule has 2 nitrogen and oxygen atoms in total. The van der Waals surface area contributed by atoms with Crippen LogP contribution in [0.4, 0.5) is 0 Å². The third-order valence-electron chi connectivity index (χ3n) is 4.10. The molecule has 1 aromatic heterocycles. The maximum Gasteiger partial charge on any atom is 0.0931 e. The number of nitrogens with zero attached hydrogens (tertiary/aromatic N) is 1. The van der Waals surface area contributed by atoms with Gasteiger partial charge in [-0.1, -0.05) is 18.5 Å². The van der Waals surface area contributed by atoms with Crippen molar-refractivity contribution in [3.05, 3.63) is 21.3 Å². The van der Waals surface area contributed by atoms with Crippen LogP contribution < -0.4 is 5.32 Å². The van der Waals surface area contributed by atoms with E-state index in [1.165, 1.54) is 4.88 Å². The van der Waals surface area contributed by atoms with E-state index in [1.807, 2.05) is 6.07 Å². The standard InChI is InChI=1S/C14H23ClN2S/c1-5-14(4)10-17(13(2,3)9-16-14)8-11-6-7-12(15)18-11/h6-7,16H,5,8-10H2,1-4H3. The molecule has 1 aliphatic rings. The molecule has 0 radical (unpaired) electrons. The van der Waals surface area contributed by atoms with Gasteiger partial charge in [0.25, 0.3) is 0 Å². The average molecular weight is 287 g/mol. The Morgan fingerprint density at radius 1 is 1.39 bits per heavy atom. The summed E-state index contributed by atoms with van der Waals surface area (Å²) in [7, 11) is 0. The summed E-state index contributed by atoms with van der Waals surface area (Å²) < 4.78 is 0.885. The highest BCUT2D eigenvalue weighted by atomic mass is 35.5. The average Bonchev–Trinajstić information content (AvgIpc) is 2.70. The van der Waals surface area contributed by atoms with Crippen LogP contribution >= 0.6 is 22.9 Å². The Balaban J connectivity index is 2.12. The predicted molar refractivity (Wildman–Crippen MR) is 80.5 cm³/mol. The van der Waals surface area contributed by atoms with Crippen molar-refractivity contribution in [3.8, 4) is 0 Å². The maximum absolute atomic E-state index is 6.02. The number of piperazine rings is 1. The van der Waals surface area contributed by atoms with Crippen molar-refractivity contribution < 1.29 is 0 Å². The fraction of sp³-hybridized carbons (Fsp3) is 0.714. The molecule has 2 rings (SSSR count). The summed E-state index contributed by atoms with van der Waals surface area (Å²) in [5, 5.41) is 3.69. The van der Waals surface area contributed by atoms with E-state index in [0.717, 1.165) is 30.4 Å². The third kappa shape index (κ3) is 3.08. The first kappa shape index (κ1) is 14.3. The van der Waals surface area contributed by atoms with Gasteiger partial charge >= 0.3 is 0 Å². The second-order valence-electron chi connectivity index (χ2n) is 6.14. The van der Waals surface area contributed by atoms with Gasteiger partial charge in [-0.15, -0.1) is 11.3 Å². The molecule has 0 aromatic carbocycles. The molecule has 18 heavy (non-hydrogen) atoms. The Morgan fingerprint density at radius 3 is 2.67 bits per heavy atom.